The van der Waals surface area contributed by atoms with E-state index < -0.39 is 123 Å². The monoisotopic (exact) mass is 616 g/mol. The number of nitrogens with zero attached hydrogens (tertiary/aromatic N) is 6. The number of nitro benzene ring substituents is 6. The van der Waals surface area contributed by atoms with Crippen molar-refractivity contribution in [1.82, 2.24) is 0 Å². The molecule has 0 saturated heterocycles. The average Bonchev–Trinajstić information content (AvgIpc) is 2.92. The summed E-state index contributed by atoms with van der Waals surface area (Å²) >= 11 is 0. The third-order valence-corrected chi connectivity index (χ3v) is 5.22. The number of carbonyl (C=O) groups excluding carboxylic acids is 2. The first-order valence-corrected chi connectivity index (χ1v) is 10.5. The Morgan fingerprint density at radius 1 is 0.558 bits per heavy atom. The van der Waals surface area contributed by atoms with Gasteiger partial charge in [0.1, 0.15) is 23.3 Å². The van der Waals surface area contributed by atoms with Gasteiger partial charge in [0.25, 0.3) is 0 Å². The van der Waals surface area contributed by atoms with Gasteiger partial charge in [-0.05, 0) is 0 Å². The molecular weight excluding hydrogens is 604 g/mol. The van der Waals surface area contributed by atoms with Crippen molar-refractivity contribution in [3.63, 3.8) is 0 Å². The van der Waals surface area contributed by atoms with Gasteiger partial charge in [-0.25, -0.2) is 0 Å². The number of ether oxygens (including phenoxy) is 1. The lowest BCUT2D eigenvalue weighted by molar-refractivity contribution is -0.442. The molecule has 0 saturated carbocycles. The zero-order valence-corrected chi connectivity index (χ0v) is 20.3. The highest BCUT2D eigenvalue weighted by Crippen LogP contribution is 2.51. The van der Waals surface area contributed by atoms with Crippen molar-refractivity contribution in [3.8, 4) is 11.5 Å². The van der Waals surface area contributed by atoms with Crippen LogP contribution in [0.25, 0.3) is 0 Å². The van der Waals surface area contributed by atoms with Crippen LogP contribution in [0.15, 0.2) is 12.1 Å². The zero-order valence-electron chi connectivity index (χ0n) is 20.3. The van der Waals surface area contributed by atoms with E-state index in [0.717, 1.165) is 0 Å². The van der Waals surface area contributed by atoms with Gasteiger partial charge in [0, 0.05) is 12.1 Å². The molecule has 43 heavy (non-hydrogen) atoms. The van der Waals surface area contributed by atoms with Crippen molar-refractivity contribution in [1.29, 1.82) is 0 Å². The molecular formula is C18H12N6O19. The first kappa shape index (κ1) is 33.0. The van der Waals surface area contributed by atoms with Crippen LogP contribution in [0.1, 0.15) is 20.7 Å². The second kappa shape index (κ2) is 12.6. The van der Waals surface area contributed by atoms with Crippen molar-refractivity contribution in [2.24, 2.45) is 0 Å². The van der Waals surface area contributed by atoms with E-state index in [4.69, 9.17) is 14.9 Å². The minimum absolute atomic E-state index is 0.0362. The van der Waals surface area contributed by atoms with E-state index in [-0.39, 0.29) is 12.1 Å². The molecule has 0 aliphatic heterocycles. The summed E-state index contributed by atoms with van der Waals surface area (Å²) < 4.78 is 4.89. The second-order valence-electron chi connectivity index (χ2n) is 7.71. The van der Waals surface area contributed by atoms with Crippen LogP contribution in [-0.4, -0.2) is 87.0 Å². The summed E-state index contributed by atoms with van der Waals surface area (Å²) in [4.78, 5) is 85.0. The molecule has 0 aromatic heterocycles. The second-order valence-corrected chi connectivity index (χ2v) is 7.71. The Morgan fingerprint density at radius 2 is 0.814 bits per heavy atom. The third kappa shape index (κ3) is 6.12. The van der Waals surface area contributed by atoms with E-state index in [2.05, 4.69) is 0 Å². The summed E-state index contributed by atoms with van der Waals surface area (Å²) in [6.07, 6.45) is -5.07. The zero-order chi connectivity index (χ0) is 33.1. The van der Waals surface area contributed by atoms with E-state index >= 15 is 0 Å². The summed E-state index contributed by atoms with van der Waals surface area (Å²) in [7, 11) is 0. The van der Waals surface area contributed by atoms with E-state index in [9.17, 15) is 80.5 Å². The summed E-state index contributed by atoms with van der Waals surface area (Å²) in [5.41, 5.74) is -15.2. The van der Waals surface area contributed by atoms with Crippen molar-refractivity contribution in [2.45, 2.75) is 12.2 Å². The predicted molar refractivity (Wildman–Crippen MR) is 128 cm³/mol. The van der Waals surface area contributed by atoms with Crippen molar-refractivity contribution in [2.75, 3.05) is 13.2 Å². The molecule has 228 valence electrons. The smallest absolute Gasteiger partial charge is 0.427 e. The fourth-order valence-electron chi connectivity index (χ4n) is 3.49. The summed E-state index contributed by atoms with van der Waals surface area (Å²) in [6.45, 7) is -2.90. The van der Waals surface area contributed by atoms with Gasteiger partial charge in [0.05, 0.1) is 42.8 Å². The van der Waals surface area contributed by atoms with Gasteiger partial charge in [-0.1, -0.05) is 0 Å². The number of Topliss-reactive ketones (excluding diaryl/α,β-unsaturated/α-hetero) is 2. The summed E-state index contributed by atoms with van der Waals surface area (Å²) in [5, 5.41) is 108. The maximum atomic E-state index is 12.5. The van der Waals surface area contributed by atoms with Gasteiger partial charge in [-0.2, -0.15) is 0 Å². The van der Waals surface area contributed by atoms with Crippen molar-refractivity contribution in [3.05, 3.63) is 83.9 Å². The fourth-order valence-corrected chi connectivity index (χ4v) is 3.49. The quantitative estimate of drug-likeness (QED) is 0.123. The maximum absolute atomic E-state index is 12.5. The molecule has 0 fully saturated rings. The predicted octanol–water partition coefficient (Wildman–Crippen LogP) is -0.000100. The van der Waals surface area contributed by atoms with Crippen LogP contribution in [0, 0.1) is 60.7 Å². The SMILES string of the molecule is O=C(c1cc(Oc2cc(C(=O)C(O)CO)c([N+](=O)[O-])c([N+](=O)[O-])c2[N+](=O)[O-])c([N+](=O)[O-])c([N+](=O)[O-])c1[N+](=O)[O-])C(O)CO. The van der Waals surface area contributed by atoms with E-state index in [1.165, 1.54) is 0 Å². The highest BCUT2D eigenvalue weighted by Gasteiger charge is 2.48. The van der Waals surface area contributed by atoms with Crippen molar-refractivity contribution >= 4 is 45.7 Å². The Labute approximate surface area is 231 Å². The first-order valence-electron chi connectivity index (χ1n) is 10.5. The highest BCUT2D eigenvalue weighted by atomic mass is 16.7. The molecule has 0 bridgehead atoms. The number of ketones is 2. The van der Waals surface area contributed by atoms with Crippen molar-refractivity contribution < 1.29 is 64.3 Å². The molecule has 4 N–H and O–H groups in total. The molecule has 25 heteroatoms. The molecule has 0 amide bonds. The van der Waals surface area contributed by atoms with E-state index in [1.54, 1.807) is 0 Å². The van der Waals surface area contributed by atoms with Gasteiger partial charge in [0.15, 0.2) is 0 Å². The lowest BCUT2D eigenvalue weighted by atomic mass is 10.0. The van der Waals surface area contributed by atoms with Crippen LogP contribution >= 0.6 is 0 Å². The normalized spacial score (nSPS) is 12.1. The van der Waals surface area contributed by atoms with Crippen LogP contribution < -0.4 is 4.74 Å². The fraction of sp³-hybridized carbons (Fsp3) is 0.222. The molecule has 0 heterocycles. The Hall–Kier alpha value is -6.18. The lowest BCUT2D eigenvalue weighted by Crippen LogP contribution is -2.26. The number of carbonyl (C=O) groups is 2. The topological polar surface area (TPSA) is 383 Å². The molecule has 2 aromatic carbocycles. The molecule has 2 unspecified atom stereocenters. The number of aliphatic hydroxyl groups is 4. The minimum Gasteiger partial charge on any atom is -0.442 e. The van der Waals surface area contributed by atoms with E-state index in [1.807, 2.05) is 0 Å². The van der Waals surface area contributed by atoms with Crippen LogP contribution in [-0.2, 0) is 0 Å². The Balaban J connectivity index is 3.24. The average molecular weight is 616 g/mol. The van der Waals surface area contributed by atoms with Gasteiger partial charge >= 0.3 is 34.1 Å². The standard InChI is InChI=1S/C18H12N6O19/c25-3-7(27)17(29)5-1-9(13(21(35)36)15(23(39)40)11(5)19(31)32)43-10-2-6(18(30)8(28)4-26)12(20(33)34)16(24(41)42)14(10)22(37)38/h1-2,7-8,25-28H,3-4H2. The van der Waals surface area contributed by atoms with Gasteiger partial charge < -0.3 is 25.2 Å². The van der Waals surface area contributed by atoms with Crippen LogP contribution in [0.2, 0.25) is 0 Å². The van der Waals surface area contributed by atoms with Gasteiger partial charge in [0.2, 0.25) is 23.1 Å². The molecule has 25 nitrogen and oxygen atoms in total. The number of hydrogen-bond acceptors (Lipinski definition) is 19. The Bertz CT molecular complexity index is 1500. The Morgan fingerprint density at radius 3 is 1.02 bits per heavy atom. The lowest BCUT2D eigenvalue weighted by Gasteiger charge is -2.13. The molecule has 2 aromatic rings. The highest BCUT2D eigenvalue weighted by molar-refractivity contribution is 6.07. The van der Waals surface area contributed by atoms with Gasteiger partial charge in [-0.15, -0.1) is 0 Å². The molecule has 0 aliphatic carbocycles. The Kier molecular flexibility index (Phi) is 9.64. The molecule has 0 spiro atoms. The maximum Gasteiger partial charge on any atom is 0.427 e. The minimum atomic E-state index is -2.54. The van der Waals surface area contributed by atoms with Crippen LogP contribution in [0.4, 0.5) is 34.1 Å². The van der Waals surface area contributed by atoms with Gasteiger partial charge in [-0.3, -0.25) is 70.3 Å². The van der Waals surface area contributed by atoms with Crippen LogP contribution in [0.3, 0.4) is 0 Å². The third-order valence-electron chi connectivity index (χ3n) is 5.22. The number of aliphatic hydroxyl groups excluding tert-OH is 4. The molecule has 0 aliphatic rings. The molecule has 0 radical (unpaired) electrons. The first-order chi connectivity index (χ1) is 19.9. The number of rotatable bonds is 14. The van der Waals surface area contributed by atoms with Crippen LogP contribution in [0.5, 0.6) is 11.5 Å². The summed E-state index contributed by atoms with van der Waals surface area (Å²) in [5.74, 6) is -7.13. The number of benzene rings is 2. The summed E-state index contributed by atoms with van der Waals surface area (Å²) in [6, 6.07) is -0.0724. The molecule has 2 atom stereocenters. The number of nitro groups is 6. The van der Waals surface area contributed by atoms with E-state index in [0.29, 0.717) is 0 Å². The molecule has 2 rings (SSSR count). The largest absolute Gasteiger partial charge is 0.442 e. The number of hydrogen-bond donors (Lipinski definition) is 4.